The largest absolute Gasteiger partial charge is 0.397 e. The van der Waals surface area contributed by atoms with E-state index in [2.05, 4.69) is 26.2 Å². The molecule has 0 spiro atoms. The van der Waals surface area contributed by atoms with E-state index in [1.54, 1.807) is 6.20 Å². The average molecular weight is 274 g/mol. The van der Waals surface area contributed by atoms with E-state index < -0.39 is 0 Å². The summed E-state index contributed by atoms with van der Waals surface area (Å²) in [6.07, 6.45) is 2.33. The smallest absolute Gasteiger partial charge is 0.140 e. The molecular formula is C10H16BrN3O. The van der Waals surface area contributed by atoms with Gasteiger partial charge in [-0.3, -0.25) is 0 Å². The first-order valence-electron chi connectivity index (χ1n) is 4.84. The van der Waals surface area contributed by atoms with E-state index in [1.807, 2.05) is 13.8 Å². The fourth-order valence-electron chi connectivity index (χ4n) is 1.19. The van der Waals surface area contributed by atoms with Crippen molar-refractivity contribution in [2.24, 2.45) is 0 Å². The van der Waals surface area contributed by atoms with E-state index in [0.29, 0.717) is 12.1 Å². The fourth-order valence-corrected chi connectivity index (χ4v) is 1.64. The number of nitrogens with two attached hydrogens (primary N) is 1. The van der Waals surface area contributed by atoms with Crippen LogP contribution in [0.4, 0.5) is 11.5 Å². The third kappa shape index (κ3) is 3.07. The summed E-state index contributed by atoms with van der Waals surface area (Å²) in [6, 6.07) is 0.182. The molecule has 1 aromatic heterocycles. The van der Waals surface area contributed by atoms with Gasteiger partial charge in [-0.15, -0.1) is 0 Å². The Morgan fingerprint density at radius 3 is 2.93 bits per heavy atom. The second-order valence-corrected chi connectivity index (χ2v) is 4.35. The number of pyridine rings is 1. The van der Waals surface area contributed by atoms with Crippen LogP contribution in [0.3, 0.4) is 0 Å². The molecule has 0 saturated heterocycles. The van der Waals surface area contributed by atoms with Crippen LogP contribution in [0.15, 0.2) is 10.7 Å². The van der Waals surface area contributed by atoms with Crippen molar-refractivity contribution < 1.29 is 5.11 Å². The highest BCUT2D eigenvalue weighted by molar-refractivity contribution is 9.10. The van der Waals surface area contributed by atoms with Crippen LogP contribution in [0, 0.1) is 6.92 Å². The van der Waals surface area contributed by atoms with Gasteiger partial charge in [0.05, 0.1) is 16.4 Å². The first-order chi connectivity index (χ1) is 7.06. The SMILES string of the molecule is Cc1c(N)cnc(NC(C)CCO)c1Br. The molecule has 0 aliphatic rings. The molecule has 1 rings (SSSR count). The van der Waals surface area contributed by atoms with Crippen LogP contribution in [-0.2, 0) is 0 Å². The number of nitrogen functional groups attached to an aromatic ring is 1. The molecule has 0 aromatic carbocycles. The first kappa shape index (κ1) is 12.3. The van der Waals surface area contributed by atoms with Crippen molar-refractivity contribution >= 4 is 27.4 Å². The van der Waals surface area contributed by atoms with Crippen LogP contribution in [0.5, 0.6) is 0 Å². The Balaban J connectivity index is 2.82. The van der Waals surface area contributed by atoms with E-state index in [1.165, 1.54) is 0 Å². The molecule has 1 aromatic rings. The van der Waals surface area contributed by atoms with Crippen molar-refractivity contribution in [1.82, 2.24) is 4.98 Å². The van der Waals surface area contributed by atoms with E-state index >= 15 is 0 Å². The van der Waals surface area contributed by atoms with Gasteiger partial charge in [0, 0.05) is 12.6 Å². The van der Waals surface area contributed by atoms with E-state index in [0.717, 1.165) is 15.9 Å². The predicted molar refractivity (Wildman–Crippen MR) is 65.9 cm³/mol. The van der Waals surface area contributed by atoms with Gasteiger partial charge in [-0.05, 0) is 41.8 Å². The van der Waals surface area contributed by atoms with Crippen LogP contribution < -0.4 is 11.1 Å². The van der Waals surface area contributed by atoms with Gasteiger partial charge in [0.1, 0.15) is 5.82 Å². The molecule has 0 aliphatic heterocycles. The van der Waals surface area contributed by atoms with Gasteiger partial charge in [0.25, 0.3) is 0 Å². The Morgan fingerprint density at radius 1 is 1.67 bits per heavy atom. The maximum absolute atomic E-state index is 8.79. The number of anilines is 2. The molecule has 15 heavy (non-hydrogen) atoms. The van der Waals surface area contributed by atoms with Gasteiger partial charge >= 0.3 is 0 Å². The number of nitrogens with zero attached hydrogens (tertiary/aromatic N) is 1. The zero-order valence-electron chi connectivity index (χ0n) is 8.92. The molecule has 84 valence electrons. The van der Waals surface area contributed by atoms with Crippen molar-refractivity contribution in [3.63, 3.8) is 0 Å². The highest BCUT2D eigenvalue weighted by Crippen LogP contribution is 2.28. The molecule has 1 heterocycles. The van der Waals surface area contributed by atoms with E-state index in [-0.39, 0.29) is 12.6 Å². The van der Waals surface area contributed by atoms with Crippen molar-refractivity contribution in [2.45, 2.75) is 26.3 Å². The summed E-state index contributed by atoms with van der Waals surface area (Å²) < 4.78 is 0.882. The van der Waals surface area contributed by atoms with Gasteiger partial charge in [-0.1, -0.05) is 0 Å². The zero-order chi connectivity index (χ0) is 11.4. The summed E-state index contributed by atoms with van der Waals surface area (Å²) in [5.41, 5.74) is 7.36. The third-order valence-corrected chi connectivity index (χ3v) is 3.22. The molecule has 1 unspecified atom stereocenters. The van der Waals surface area contributed by atoms with Crippen molar-refractivity contribution in [3.05, 3.63) is 16.2 Å². The molecule has 5 heteroatoms. The Hall–Kier alpha value is -0.810. The molecule has 0 radical (unpaired) electrons. The summed E-state index contributed by atoms with van der Waals surface area (Å²) in [4.78, 5) is 4.20. The number of rotatable bonds is 4. The Labute approximate surface area is 98.0 Å². The predicted octanol–water partition coefficient (Wildman–Crippen LogP) is 1.92. The lowest BCUT2D eigenvalue weighted by Gasteiger charge is -2.15. The highest BCUT2D eigenvalue weighted by Gasteiger charge is 2.09. The molecule has 0 aliphatic carbocycles. The van der Waals surface area contributed by atoms with Crippen LogP contribution in [0.1, 0.15) is 18.9 Å². The number of nitrogens with one attached hydrogen (secondary N) is 1. The lowest BCUT2D eigenvalue weighted by Crippen LogP contribution is -2.18. The summed E-state index contributed by atoms with van der Waals surface area (Å²) in [7, 11) is 0. The number of aliphatic hydroxyl groups is 1. The second kappa shape index (κ2) is 5.32. The maximum atomic E-state index is 8.79. The minimum Gasteiger partial charge on any atom is -0.397 e. The molecule has 4 N–H and O–H groups in total. The molecule has 0 fully saturated rings. The average Bonchev–Trinajstić information content (AvgIpc) is 2.20. The van der Waals surface area contributed by atoms with Crippen LogP contribution in [-0.4, -0.2) is 22.7 Å². The molecular weight excluding hydrogens is 258 g/mol. The molecule has 4 nitrogen and oxygen atoms in total. The number of aliphatic hydroxyl groups excluding tert-OH is 1. The summed E-state index contributed by atoms with van der Waals surface area (Å²) in [6.45, 7) is 4.10. The monoisotopic (exact) mass is 273 g/mol. The Kier molecular flexibility index (Phi) is 4.35. The molecule has 0 amide bonds. The lowest BCUT2D eigenvalue weighted by atomic mass is 10.2. The first-order valence-corrected chi connectivity index (χ1v) is 5.63. The number of hydrogen-bond acceptors (Lipinski definition) is 4. The Bertz CT molecular complexity index is 344. The number of hydrogen-bond donors (Lipinski definition) is 3. The lowest BCUT2D eigenvalue weighted by molar-refractivity contribution is 0.282. The highest BCUT2D eigenvalue weighted by atomic mass is 79.9. The molecule has 1 atom stereocenters. The van der Waals surface area contributed by atoms with Gasteiger partial charge in [0.15, 0.2) is 0 Å². The fraction of sp³-hybridized carbons (Fsp3) is 0.500. The van der Waals surface area contributed by atoms with Gasteiger partial charge < -0.3 is 16.2 Å². The van der Waals surface area contributed by atoms with E-state index in [4.69, 9.17) is 10.8 Å². The minimum atomic E-state index is 0.166. The summed E-state index contributed by atoms with van der Waals surface area (Å²) in [5.74, 6) is 0.766. The maximum Gasteiger partial charge on any atom is 0.140 e. The summed E-state index contributed by atoms with van der Waals surface area (Å²) in [5, 5.41) is 12.0. The van der Waals surface area contributed by atoms with Crippen molar-refractivity contribution in [3.8, 4) is 0 Å². The van der Waals surface area contributed by atoms with Gasteiger partial charge in [-0.2, -0.15) is 0 Å². The van der Waals surface area contributed by atoms with Crippen LogP contribution >= 0.6 is 15.9 Å². The number of aromatic nitrogens is 1. The van der Waals surface area contributed by atoms with Crippen LogP contribution in [0.25, 0.3) is 0 Å². The van der Waals surface area contributed by atoms with Crippen molar-refractivity contribution in [1.29, 1.82) is 0 Å². The third-order valence-electron chi connectivity index (χ3n) is 2.25. The minimum absolute atomic E-state index is 0.166. The van der Waals surface area contributed by atoms with Crippen LogP contribution in [0.2, 0.25) is 0 Å². The Morgan fingerprint density at radius 2 is 2.33 bits per heavy atom. The standard InChI is InChI=1S/C10H16BrN3O/c1-6(3-4-15)14-10-9(11)7(2)8(12)5-13-10/h5-6,15H,3-4,12H2,1-2H3,(H,13,14). The zero-order valence-corrected chi connectivity index (χ0v) is 10.5. The summed E-state index contributed by atoms with van der Waals surface area (Å²) >= 11 is 3.44. The quantitative estimate of drug-likeness (QED) is 0.784. The topological polar surface area (TPSA) is 71.2 Å². The second-order valence-electron chi connectivity index (χ2n) is 3.56. The number of halogens is 1. The van der Waals surface area contributed by atoms with Gasteiger partial charge in [0.2, 0.25) is 0 Å². The van der Waals surface area contributed by atoms with Gasteiger partial charge in [-0.25, -0.2) is 4.98 Å². The molecule has 0 saturated carbocycles. The van der Waals surface area contributed by atoms with Crippen molar-refractivity contribution in [2.75, 3.05) is 17.7 Å². The van der Waals surface area contributed by atoms with E-state index in [9.17, 15) is 0 Å². The molecule has 0 bridgehead atoms. The normalized spacial score (nSPS) is 12.5.